The van der Waals surface area contributed by atoms with Gasteiger partial charge in [0.25, 0.3) is 5.91 Å². The number of amides is 1. The van der Waals surface area contributed by atoms with E-state index in [-0.39, 0.29) is 5.91 Å². The Bertz CT molecular complexity index is 1040. The first-order valence-corrected chi connectivity index (χ1v) is 11.4. The van der Waals surface area contributed by atoms with Gasteiger partial charge in [0.05, 0.1) is 23.9 Å². The molecule has 2 aliphatic rings. The highest BCUT2D eigenvalue weighted by molar-refractivity contribution is 7.09. The standard InChI is InChI=1S/C22H26N6OS/c1-16-21(30-15-23-16)14-26-9-4-7-19(26)12-28-13-20(24-25-28)22(29)27-10-8-17-5-2-3-6-18(17)11-27/h2-3,5-6,13,15,19H,4,7-12,14H2,1H3/t19-/m0/s1. The average molecular weight is 423 g/mol. The Morgan fingerprint density at radius 1 is 1.23 bits per heavy atom. The largest absolute Gasteiger partial charge is 0.333 e. The Morgan fingerprint density at radius 3 is 2.93 bits per heavy atom. The number of carbonyl (C=O) groups is 1. The summed E-state index contributed by atoms with van der Waals surface area (Å²) in [7, 11) is 0. The average Bonchev–Trinajstić information content (AvgIpc) is 3.51. The minimum Gasteiger partial charge on any atom is -0.333 e. The fourth-order valence-electron chi connectivity index (χ4n) is 4.51. The molecule has 0 N–H and O–H groups in total. The van der Waals surface area contributed by atoms with Crippen molar-refractivity contribution in [1.82, 2.24) is 29.8 Å². The number of fused-ring (bicyclic) bond motifs is 1. The van der Waals surface area contributed by atoms with Crippen molar-refractivity contribution in [1.29, 1.82) is 0 Å². The van der Waals surface area contributed by atoms with E-state index < -0.39 is 0 Å². The van der Waals surface area contributed by atoms with Crippen LogP contribution in [0.1, 0.15) is 45.0 Å². The van der Waals surface area contributed by atoms with Gasteiger partial charge in [0.2, 0.25) is 0 Å². The van der Waals surface area contributed by atoms with Crippen LogP contribution in [0.4, 0.5) is 0 Å². The van der Waals surface area contributed by atoms with Crippen LogP contribution in [0.2, 0.25) is 0 Å². The molecule has 7 nitrogen and oxygen atoms in total. The predicted molar refractivity (Wildman–Crippen MR) is 115 cm³/mol. The van der Waals surface area contributed by atoms with Crippen LogP contribution in [0.3, 0.4) is 0 Å². The highest BCUT2D eigenvalue weighted by Crippen LogP contribution is 2.24. The molecule has 2 aromatic heterocycles. The molecule has 0 bridgehead atoms. The molecule has 8 heteroatoms. The molecule has 0 saturated carbocycles. The predicted octanol–water partition coefficient (Wildman–Crippen LogP) is 2.91. The van der Waals surface area contributed by atoms with E-state index in [2.05, 4.69) is 45.3 Å². The number of carbonyl (C=O) groups excluding carboxylic acids is 1. The van der Waals surface area contributed by atoms with E-state index >= 15 is 0 Å². The SMILES string of the molecule is Cc1ncsc1CN1CCC[C@H]1Cn1cc(C(=O)N2CCc3ccccc3C2)nn1. The lowest BCUT2D eigenvalue weighted by Gasteiger charge is -2.28. The van der Waals surface area contributed by atoms with Crippen molar-refractivity contribution < 1.29 is 4.79 Å². The normalized spacial score (nSPS) is 19.2. The number of thiazole rings is 1. The third kappa shape index (κ3) is 3.89. The first kappa shape index (κ1) is 19.4. The lowest BCUT2D eigenvalue weighted by molar-refractivity contribution is 0.0728. The molecule has 1 aromatic carbocycles. The quantitative estimate of drug-likeness (QED) is 0.633. The molecule has 0 aliphatic carbocycles. The fraction of sp³-hybridized carbons (Fsp3) is 0.455. The van der Waals surface area contributed by atoms with Gasteiger partial charge >= 0.3 is 0 Å². The van der Waals surface area contributed by atoms with Crippen molar-refractivity contribution in [3.63, 3.8) is 0 Å². The molecule has 1 amide bonds. The second kappa shape index (κ2) is 8.28. The highest BCUT2D eigenvalue weighted by atomic mass is 32.1. The summed E-state index contributed by atoms with van der Waals surface area (Å²) in [5.74, 6) is -0.0284. The van der Waals surface area contributed by atoms with Crippen LogP contribution in [-0.2, 0) is 26.1 Å². The molecule has 1 fully saturated rings. The molecule has 1 saturated heterocycles. The summed E-state index contributed by atoms with van der Waals surface area (Å²) >= 11 is 1.73. The number of hydrogen-bond acceptors (Lipinski definition) is 6. The highest BCUT2D eigenvalue weighted by Gasteiger charge is 2.28. The summed E-state index contributed by atoms with van der Waals surface area (Å²) in [6, 6.07) is 8.76. The molecule has 4 heterocycles. The molecular formula is C22H26N6OS. The van der Waals surface area contributed by atoms with Gasteiger partial charge in [0.1, 0.15) is 0 Å². The Kier molecular flexibility index (Phi) is 5.35. The zero-order valence-electron chi connectivity index (χ0n) is 17.2. The van der Waals surface area contributed by atoms with E-state index in [0.717, 1.165) is 44.7 Å². The van der Waals surface area contributed by atoms with E-state index in [9.17, 15) is 4.79 Å². The van der Waals surface area contributed by atoms with Gasteiger partial charge in [-0.2, -0.15) is 0 Å². The Balaban J connectivity index is 1.23. The smallest absolute Gasteiger partial charge is 0.276 e. The van der Waals surface area contributed by atoms with E-state index in [1.165, 1.54) is 22.4 Å². The Hall–Kier alpha value is -2.58. The molecule has 156 valence electrons. The van der Waals surface area contributed by atoms with Crippen molar-refractivity contribution >= 4 is 17.2 Å². The number of aromatic nitrogens is 4. The van der Waals surface area contributed by atoms with Crippen molar-refractivity contribution in [3.8, 4) is 0 Å². The van der Waals surface area contributed by atoms with Gasteiger partial charge in [-0.3, -0.25) is 14.4 Å². The first-order valence-electron chi connectivity index (χ1n) is 10.6. The number of hydrogen-bond donors (Lipinski definition) is 0. The second-order valence-corrected chi connectivity index (χ2v) is 9.14. The summed E-state index contributed by atoms with van der Waals surface area (Å²) in [5, 5.41) is 8.47. The van der Waals surface area contributed by atoms with Gasteiger partial charge in [-0.05, 0) is 43.9 Å². The summed E-state index contributed by atoms with van der Waals surface area (Å²) in [6.45, 7) is 6.25. The summed E-state index contributed by atoms with van der Waals surface area (Å²) < 4.78 is 1.84. The number of rotatable bonds is 5. The lowest BCUT2D eigenvalue weighted by atomic mass is 10.00. The van der Waals surface area contributed by atoms with Crippen molar-refractivity contribution in [2.75, 3.05) is 13.1 Å². The molecule has 3 aromatic rings. The number of aryl methyl sites for hydroxylation is 1. The number of likely N-dealkylation sites (tertiary alicyclic amines) is 1. The van der Waals surface area contributed by atoms with Gasteiger partial charge < -0.3 is 4.90 Å². The van der Waals surface area contributed by atoms with E-state index in [0.29, 0.717) is 18.3 Å². The molecule has 5 rings (SSSR count). The monoisotopic (exact) mass is 422 g/mol. The first-order chi connectivity index (χ1) is 14.7. The molecule has 0 unspecified atom stereocenters. The third-order valence-corrected chi connectivity index (χ3v) is 7.18. The second-order valence-electron chi connectivity index (χ2n) is 8.20. The van der Waals surface area contributed by atoms with Crippen LogP contribution < -0.4 is 0 Å². The van der Waals surface area contributed by atoms with Crippen LogP contribution in [0.5, 0.6) is 0 Å². The van der Waals surface area contributed by atoms with E-state index in [1.54, 1.807) is 11.3 Å². The van der Waals surface area contributed by atoms with Crippen molar-refractivity contribution in [2.24, 2.45) is 0 Å². The van der Waals surface area contributed by atoms with Crippen LogP contribution in [0.25, 0.3) is 0 Å². The van der Waals surface area contributed by atoms with Gasteiger partial charge in [-0.15, -0.1) is 16.4 Å². The van der Waals surface area contributed by atoms with E-state index in [1.807, 2.05) is 27.4 Å². The summed E-state index contributed by atoms with van der Waals surface area (Å²) in [4.78, 5) is 23.1. The maximum Gasteiger partial charge on any atom is 0.276 e. The molecule has 0 spiro atoms. The van der Waals surface area contributed by atoms with Crippen LogP contribution in [-0.4, -0.2) is 54.8 Å². The molecule has 2 aliphatic heterocycles. The van der Waals surface area contributed by atoms with Crippen molar-refractivity contribution in [3.05, 3.63) is 63.4 Å². The van der Waals surface area contributed by atoms with Gasteiger partial charge in [0.15, 0.2) is 5.69 Å². The summed E-state index contributed by atoms with van der Waals surface area (Å²) in [5.41, 5.74) is 6.05. The number of benzene rings is 1. The maximum absolute atomic E-state index is 13.0. The van der Waals surface area contributed by atoms with Crippen LogP contribution in [0, 0.1) is 6.92 Å². The zero-order valence-corrected chi connectivity index (χ0v) is 18.0. The topological polar surface area (TPSA) is 67.2 Å². The minimum absolute atomic E-state index is 0.0284. The molecule has 0 radical (unpaired) electrons. The van der Waals surface area contributed by atoms with Gasteiger partial charge in [-0.1, -0.05) is 29.5 Å². The molecule has 1 atom stereocenters. The molecular weight excluding hydrogens is 396 g/mol. The van der Waals surface area contributed by atoms with Gasteiger partial charge in [-0.25, -0.2) is 4.98 Å². The minimum atomic E-state index is -0.0284. The van der Waals surface area contributed by atoms with Crippen molar-refractivity contribution in [2.45, 2.75) is 51.9 Å². The number of nitrogens with zero attached hydrogens (tertiary/aromatic N) is 6. The summed E-state index contributed by atoms with van der Waals surface area (Å²) in [6.07, 6.45) is 5.04. The maximum atomic E-state index is 13.0. The third-order valence-electron chi connectivity index (χ3n) is 6.26. The Labute approximate surface area is 180 Å². The lowest BCUT2D eigenvalue weighted by Crippen LogP contribution is -2.36. The van der Waals surface area contributed by atoms with Crippen LogP contribution >= 0.6 is 11.3 Å². The van der Waals surface area contributed by atoms with Crippen LogP contribution in [0.15, 0.2) is 36.0 Å². The molecule has 30 heavy (non-hydrogen) atoms. The van der Waals surface area contributed by atoms with E-state index in [4.69, 9.17) is 0 Å². The fourth-order valence-corrected chi connectivity index (χ4v) is 5.31. The Morgan fingerprint density at radius 2 is 2.10 bits per heavy atom. The zero-order chi connectivity index (χ0) is 20.5. The van der Waals surface area contributed by atoms with Gasteiger partial charge in [0, 0.05) is 30.6 Å².